The highest BCUT2D eigenvalue weighted by atomic mass is 32.2. The van der Waals surface area contributed by atoms with Gasteiger partial charge in [-0.1, -0.05) is 0 Å². The molecule has 1 aromatic carbocycles. The molecule has 0 aliphatic heterocycles. The molecule has 3 saturated carbocycles. The van der Waals surface area contributed by atoms with Gasteiger partial charge in [-0.15, -0.1) is 0 Å². The maximum absolute atomic E-state index is 12.0. The zero-order valence-corrected chi connectivity index (χ0v) is 15.0. The van der Waals surface area contributed by atoms with E-state index in [9.17, 15) is 13.2 Å². The van der Waals surface area contributed by atoms with Crippen LogP contribution < -0.4 is 4.74 Å². The minimum absolute atomic E-state index is 0.0620. The lowest BCUT2D eigenvalue weighted by Gasteiger charge is -2.51. The number of carbonyl (C=O) groups is 1. The number of carbonyl (C=O) groups excluding carboxylic acids is 1. The van der Waals surface area contributed by atoms with Gasteiger partial charge in [0.2, 0.25) is 0 Å². The van der Waals surface area contributed by atoms with E-state index in [1.807, 2.05) is 0 Å². The van der Waals surface area contributed by atoms with E-state index in [1.54, 1.807) is 24.3 Å². The van der Waals surface area contributed by atoms with E-state index >= 15 is 0 Å². The number of ether oxygens (including phenoxy) is 2. The molecule has 2 bridgehead atoms. The topological polar surface area (TPSA) is 69.7 Å². The van der Waals surface area contributed by atoms with Crippen LogP contribution in [0, 0.1) is 10.8 Å². The fraction of sp³-hybridized carbons (Fsp3) is 0.611. The molecule has 0 unspecified atom stereocenters. The number of hydrogen-bond acceptors (Lipinski definition) is 5. The number of sulfone groups is 1. The largest absolute Gasteiger partial charge is 0.493 e. The van der Waals surface area contributed by atoms with Crippen molar-refractivity contribution in [1.29, 1.82) is 0 Å². The lowest BCUT2D eigenvalue weighted by Crippen LogP contribution is -2.48. The van der Waals surface area contributed by atoms with Crippen molar-refractivity contribution in [2.75, 3.05) is 20.0 Å². The molecule has 0 aromatic heterocycles. The van der Waals surface area contributed by atoms with E-state index < -0.39 is 9.84 Å². The summed E-state index contributed by atoms with van der Waals surface area (Å²) in [5, 5.41) is 0. The molecule has 5 nitrogen and oxygen atoms in total. The second kappa shape index (κ2) is 6.06. The number of rotatable bonds is 5. The Hall–Kier alpha value is -1.56. The van der Waals surface area contributed by atoms with Crippen molar-refractivity contribution in [3.05, 3.63) is 24.3 Å². The van der Waals surface area contributed by atoms with Crippen LogP contribution in [0.25, 0.3) is 0 Å². The van der Waals surface area contributed by atoms with Crippen LogP contribution in [0.1, 0.15) is 38.5 Å². The van der Waals surface area contributed by atoms with Crippen LogP contribution >= 0.6 is 0 Å². The predicted molar refractivity (Wildman–Crippen MR) is 89.6 cm³/mol. The molecule has 0 atom stereocenters. The molecule has 3 aliphatic rings. The molecule has 0 amide bonds. The fourth-order valence-corrected chi connectivity index (χ4v) is 4.65. The molecular formula is C18H24O5S. The first-order valence-electron chi connectivity index (χ1n) is 8.30. The van der Waals surface area contributed by atoms with E-state index in [-0.39, 0.29) is 16.8 Å². The van der Waals surface area contributed by atoms with Crippen molar-refractivity contribution in [2.24, 2.45) is 10.8 Å². The van der Waals surface area contributed by atoms with Crippen LogP contribution in [-0.2, 0) is 19.4 Å². The molecule has 3 fully saturated rings. The zero-order chi connectivity index (χ0) is 17.4. The maximum Gasteiger partial charge on any atom is 0.311 e. The van der Waals surface area contributed by atoms with Crippen LogP contribution in [0.4, 0.5) is 0 Å². The first kappa shape index (κ1) is 17.3. The summed E-state index contributed by atoms with van der Waals surface area (Å²) in [6.45, 7) is 0.614. The van der Waals surface area contributed by atoms with Crippen molar-refractivity contribution in [2.45, 2.75) is 43.4 Å². The summed E-state index contributed by atoms with van der Waals surface area (Å²) in [6, 6.07) is 6.56. The first-order valence-corrected chi connectivity index (χ1v) is 10.2. The van der Waals surface area contributed by atoms with Gasteiger partial charge in [-0.05, 0) is 62.8 Å². The highest BCUT2D eigenvalue weighted by molar-refractivity contribution is 7.90. The molecule has 132 valence electrons. The molecular weight excluding hydrogens is 328 g/mol. The monoisotopic (exact) mass is 352 g/mol. The second-order valence-corrected chi connectivity index (χ2v) is 9.32. The van der Waals surface area contributed by atoms with Crippen LogP contribution in [0.2, 0.25) is 0 Å². The molecule has 24 heavy (non-hydrogen) atoms. The van der Waals surface area contributed by atoms with E-state index in [1.165, 1.54) is 13.4 Å². The van der Waals surface area contributed by atoms with Gasteiger partial charge in [-0.25, -0.2) is 8.42 Å². The highest BCUT2D eigenvalue weighted by Crippen LogP contribution is 2.57. The minimum Gasteiger partial charge on any atom is -0.493 e. The van der Waals surface area contributed by atoms with Gasteiger partial charge in [-0.3, -0.25) is 4.79 Å². The van der Waals surface area contributed by atoms with Gasteiger partial charge < -0.3 is 9.47 Å². The molecule has 1 aromatic rings. The van der Waals surface area contributed by atoms with Gasteiger partial charge in [0, 0.05) is 11.7 Å². The van der Waals surface area contributed by atoms with Crippen LogP contribution in [0.5, 0.6) is 5.75 Å². The van der Waals surface area contributed by atoms with Crippen LogP contribution in [0.3, 0.4) is 0 Å². The van der Waals surface area contributed by atoms with Crippen LogP contribution in [-0.4, -0.2) is 34.4 Å². The average Bonchev–Trinajstić information content (AvgIpc) is 2.60. The molecule has 4 rings (SSSR count). The van der Waals surface area contributed by atoms with Crippen molar-refractivity contribution in [3.8, 4) is 5.75 Å². The maximum atomic E-state index is 12.0. The molecule has 3 aliphatic carbocycles. The number of esters is 1. The van der Waals surface area contributed by atoms with Gasteiger partial charge in [-0.2, -0.15) is 0 Å². The van der Waals surface area contributed by atoms with Gasteiger partial charge >= 0.3 is 5.97 Å². The number of fused-ring (bicyclic) bond motifs is 3. The summed E-state index contributed by atoms with van der Waals surface area (Å²) < 4.78 is 33.9. The van der Waals surface area contributed by atoms with Crippen molar-refractivity contribution < 1.29 is 22.7 Å². The number of benzene rings is 1. The van der Waals surface area contributed by atoms with Crippen molar-refractivity contribution >= 4 is 15.8 Å². The third-order valence-electron chi connectivity index (χ3n) is 5.82. The van der Waals surface area contributed by atoms with Gasteiger partial charge in [0.1, 0.15) is 5.75 Å². The van der Waals surface area contributed by atoms with Crippen LogP contribution in [0.15, 0.2) is 29.2 Å². The molecule has 0 radical (unpaired) electrons. The third-order valence-corrected chi connectivity index (χ3v) is 6.95. The lowest BCUT2D eigenvalue weighted by molar-refractivity contribution is -0.163. The standard InChI is InChI=1S/C18H24O5S/c1-22-16(19)18-10-7-17(8-11-18,9-12-18)13-23-14-3-5-15(6-4-14)24(2,20)21/h3-6H,7-13H2,1-2H3. The average molecular weight is 352 g/mol. The molecule has 0 N–H and O–H groups in total. The lowest BCUT2D eigenvalue weighted by atomic mass is 9.54. The minimum atomic E-state index is -3.18. The summed E-state index contributed by atoms with van der Waals surface area (Å²) in [5.41, 5.74) is -0.140. The van der Waals surface area contributed by atoms with Gasteiger partial charge in [0.15, 0.2) is 9.84 Å². The normalized spacial score (nSPS) is 29.2. The van der Waals surface area contributed by atoms with E-state index in [2.05, 4.69) is 0 Å². The summed E-state index contributed by atoms with van der Waals surface area (Å²) in [6.07, 6.45) is 6.73. The fourth-order valence-electron chi connectivity index (χ4n) is 4.02. The van der Waals surface area contributed by atoms with Gasteiger partial charge in [0.05, 0.1) is 24.0 Å². The summed E-state index contributed by atoms with van der Waals surface area (Å²) in [7, 11) is -1.71. The van der Waals surface area contributed by atoms with E-state index in [0.29, 0.717) is 17.3 Å². The smallest absolute Gasteiger partial charge is 0.311 e. The summed E-state index contributed by atoms with van der Waals surface area (Å²) in [4.78, 5) is 12.3. The Morgan fingerprint density at radius 1 is 1.04 bits per heavy atom. The van der Waals surface area contributed by atoms with E-state index in [0.717, 1.165) is 38.5 Å². The number of hydrogen-bond donors (Lipinski definition) is 0. The Morgan fingerprint density at radius 3 is 2.04 bits per heavy atom. The number of methoxy groups -OCH3 is 1. The van der Waals surface area contributed by atoms with Crippen molar-refractivity contribution in [3.63, 3.8) is 0 Å². The quantitative estimate of drug-likeness (QED) is 0.762. The van der Waals surface area contributed by atoms with Crippen molar-refractivity contribution in [1.82, 2.24) is 0 Å². The third kappa shape index (κ3) is 3.16. The van der Waals surface area contributed by atoms with Gasteiger partial charge in [0.25, 0.3) is 0 Å². The molecule has 0 spiro atoms. The molecule has 0 heterocycles. The summed E-state index contributed by atoms with van der Waals surface area (Å²) >= 11 is 0. The summed E-state index contributed by atoms with van der Waals surface area (Å²) in [5.74, 6) is 0.625. The molecule has 0 saturated heterocycles. The Labute approximate surface area is 143 Å². The SMILES string of the molecule is COC(=O)C12CCC(COc3ccc(S(C)(=O)=O)cc3)(CC1)CC2. The predicted octanol–water partition coefficient (Wildman–Crippen LogP) is 2.98. The Balaban J connectivity index is 1.61. The second-order valence-electron chi connectivity index (χ2n) is 7.30. The highest BCUT2D eigenvalue weighted by Gasteiger charge is 2.53. The Morgan fingerprint density at radius 2 is 1.58 bits per heavy atom. The zero-order valence-electron chi connectivity index (χ0n) is 14.2. The first-order chi connectivity index (χ1) is 11.3. The Bertz CT molecular complexity index is 696. The van der Waals surface area contributed by atoms with E-state index in [4.69, 9.17) is 9.47 Å². The Kier molecular flexibility index (Phi) is 4.36. The molecule has 6 heteroatoms.